The normalized spacial score (nSPS) is 22.9. The molecule has 2 aromatic carbocycles. The van der Waals surface area contributed by atoms with Crippen LogP contribution < -0.4 is 0 Å². The molecule has 3 unspecified atom stereocenters. The van der Waals surface area contributed by atoms with E-state index in [0.29, 0.717) is 54.8 Å². The minimum Gasteiger partial charge on any atom is -0.444 e. The van der Waals surface area contributed by atoms with Crippen LogP contribution in [-0.2, 0) is 43.4 Å². The summed E-state index contributed by atoms with van der Waals surface area (Å²) < 4.78 is 49.8. The van der Waals surface area contributed by atoms with E-state index in [9.17, 15) is 33.7 Å². The first-order chi connectivity index (χ1) is 25.1. The lowest BCUT2D eigenvalue weighted by atomic mass is 9.84. The first-order valence-electron chi connectivity index (χ1n) is 19.0. The second-order valence-corrected chi connectivity index (χ2v) is 16.8. The van der Waals surface area contributed by atoms with E-state index in [0.717, 1.165) is 32.1 Å². The molecule has 3 saturated heterocycles. The van der Waals surface area contributed by atoms with Crippen molar-refractivity contribution in [3.05, 3.63) is 70.3 Å². The van der Waals surface area contributed by atoms with Gasteiger partial charge in [0.1, 0.15) is 34.0 Å². The van der Waals surface area contributed by atoms with Gasteiger partial charge in [-0.2, -0.15) is 0 Å². The third-order valence-electron chi connectivity index (χ3n) is 10.0. The lowest BCUT2D eigenvalue weighted by Gasteiger charge is -2.38. The molecule has 0 saturated carbocycles. The van der Waals surface area contributed by atoms with Crippen molar-refractivity contribution in [2.75, 3.05) is 19.7 Å². The lowest BCUT2D eigenvalue weighted by Crippen LogP contribution is -2.50. The van der Waals surface area contributed by atoms with E-state index in [4.69, 9.17) is 18.9 Å². The van der Waals surface area contributed by atoms with Crippen LogP contribution >= 0.6 is 0 Å². The van der Waals surface area contributed by atoms with Gasteiger partial charge in [-0.15, -0.1) is 0 Å². The van der Waals surface area contributed by atoms with E-state index in [1.807, 2.05) is 20.8 Å². The number of halogens is 2. The monoisotopic (exact) mass is 762 g/mol. The number of ether oxygens (including phenoxy) is 4. The Bertz CT molecular complexity index is 1580. The average Bonchev–Trinajstić information content (AvgIpc) is 3.79. The molecule has 11 nitrogen and oxygen atoms in total. The second kappa shape index (κ2) is 17.6. The molecule has 2 aromatic rings. The van der Waals surface area contributed by atoms with Crippen molar-refractivity contribution in [1.29, 1.82) is 0 Å². The highest BCUT2D eigenvalue weighted by Gasteiger charge is 2.46. The van der Waals surface area contributed by atoms with E-state index in [-0.39, 0.29) is 19.5 Å². The summed E-state index contributed by atoms with van der Waals surface area (Å²) in [4.78, 5) is 28.3. The molecule has 0 spiro atoms. The van der Waals surface area contributed by atoms with E-state index in [1.54, 1.807) is 45.6 Å². The Labute approximate surface area is 318 Å². The molecular formula is C41H60F2N2O9. The van der Waals surface area contributed by atoms with Gasteiger partial charge in [-0.25, -0.2) is 18.4 Å². The van der Waals surface area contributed by atoms with Crippen LogP contribution in [0, 0.1) is 11.6 Å². The van der Waals surface area contributed by atoms with E-state index in [1.165, 1.54) is 35.2 Å². The fourth-order valence-corrected chi connectivity index (χ4v) is 7.53. The molecule has 3 N–H and O–H groups in total. The van der Waals surface area contributed by atoms with Crippen molar-refractivity contribution in [2.45, 2.75) is 154 Å². The van der Waals surface area contributed by atoms with Gasteiger partial charge in [0.2, 0.25) is 0 Å². The molecule has 3 aliphatic heterocycles. The first-order valence-corrected chi connectivity index (χ1v) is 19.0. The molecule has 3 heterocycles. The summed E-state index contributed by atoms with van der Waals surface area (Å²) in [5, 5.41) is 32.2. The first kappa shape index (κ1) is 43.4. The van der Waals surface area contributed by atoms with Gasteiger partial charge in [-0.05, 0) is 147 Å². The summed E-state index contributed by atoms with van der Waals surface area (Å²) in [7, 11) is 0. The maximum absolute atomic E-state index is 14.0. The Kier molecular flexibility index (Phi) is 14.2. The molecule has 5 rings (SSSR count). The second-order valence-electron chi connectivity index (χ2n) is 16.8. The topological polar surface area (TPSA) is 138 Å². The molecule has 13 heteroatoms. The van der Waals surface area contributed by atoms with Crippen LogP contribution in [0.5, 0.6) is 0 Å². The number of carbonyl (C=O) groups excluding carboxylic acids is 2. The number of hydrogen-bond acceptors (Lipinski definition) is 9. The fraction of sp³-hybridized carbons (Fsp3) is 0.659. The van der Waals surface area contributed by atoms with Crippen molar-refractivity contribution in [2.24, 2.45) is 0 Å². The number of rotatable bonds is 8. The molecule has 302 valence electrons. The number of benzene rings is 2. The molecule has 5 atom stereocenters. The minimum atomic E-state index is -1.42. The molecule has 3 aliphatic rings. The van der Waals surface area contributed by atoms with Crippen molar-refractivity contribution < 1.29 is 52.6 Å². The number of aliphatic hydroxyl groups excluding tert-OH is 1. The lowest BCUT2D eigenvalue weighted by molar-refractivity contribution is -0.169. The zero-order valence-electron chi connectivity index (χ0n) is 33.1. The highest BCUT2D eigenvalue weighted by atomic mass is 19.1. The van der Waals surface area contributed by atoms with E-state index in [2.05, 4.69) is 0 Å². The van der Waals surface area contributed by atoms with Crippen molar-refractivity contribution in [1.82, 2.24) is 9.80 Å². The maximum atomic E-state index is 14.0. The van der Waals surface area contributed by atoms with Crippen LogP contribution in [0.2, 0.25) is 0 Å². The van der Waals surface area contributed by atoms with Gasteiger partial charge in [0.15, 0.2) is 6.29 Å². The van der Waals surface area contributed by atoms with Crippen molar-refractivity contribution >= 4 is 12.2 Å². The minimum absolute atomic E-state index is 0.132. The van der Waals surface area contributed by atoms with Crippen LogP contribution in [0.25, 0.3) is 0 Å². The Morgan fingerprint density at radius 1 is 0.722 bits per heavy atom. The van der Waals surface area contributed by atoms with Gasteiger partial charge in [0.25, 0.3) is 0 Å². The fourth-order valence-electron chi connectivity index (χ4n) is 7.53. The van der Waals surface area contributed by atoms with Gasteiger partial charge in [0.05, 0.1) is 25.3 Å². The zero-order chi connectivity index (χ0) is 40.1. The average molecular weight is 763 g/mol. The van der Waals surface area contributed by atoms with Gasteiger partial charge in [-0.1, -0.05) is 12.1 Å². The Balaban J connectivity index is 0.000000247. The third-order valence-corrected chi connectivity index (χ3v) is 10.0. The van der Waals surface area contributed by atoms with Crippen LogP contribution in [-0.4, -0.2) is 86.6 Å². The summed E-state index contributed by atoms with van der Waals surface area (Å²) in [5.74, 6) is -0.873. The van der Waals surface area contributed by atoms with Crippen molar-refractivity contribution in [3.8, 4) is 0 Å². The molecule has 0 aliphatic carbocycles. The molecule has 3 fully saturated rings. The van der Waals surface area contributed by atoms with Gasteiger partial charge in [0, 0.05) is 19.7 Å². The van der Waals surface area contributed by atoms with Crippen LogP contribution in [0.1, 0.15) is 123 Å². The number of carbonyl (C=O) groups is 2. The predicted octanol–water partition coefficient (Wildman–Crippen LogP) is 7.40. The van der Waals surface area contributed by atoms with Crippen LogP contribution in [0.15, 0.2) is 36.4 Å². The van der Waals surface area contributed by atoms with Crippen molar-refractivity contribution in [3.63, 3.8) is 0 Å². The maximum Gasteiger partial charge on any atom is 0.410 e. The molecule has 2 amide bonds. The highest BCUT2D eigenvalue weighted by Crippen LogP contribution is 2.39. The van der Waals surface area contributed by atoms with Crippen LogP contribution in [0.3, 0.4) is 0 Å². The summed E-state index contributed by atoms with van der Waals surface area (Å²) in [5.41, 5.74) is -2.19. The number of amides is 2. The molecule has 0 bridgehead atoms. The quantitative estimate of drug-likeness (QED) is 0.251. The Morgan fingerprint density at radius 3 is 1.61 bits per heavy atom. The number of likely N-dealkylation sites (tertiary alicyclic amines) is 2. The van der Waals surface area contributed by atoms with Gasteiger partial charge in [-0.3, -0.25) is 0 Å². The largest absolute Gasteiger partial charge is 0.444 e. The summed E-state index contributed by atoms with van der Waals surface area (Å²) in [6.07, 6.45) is 4.37. The molecule has 0 radical (unpaired) electrons. The van der Waals surface area contributed by atoms with Crippen LogP contribution in [0.4, 0.5) is 18.4 Å². The molecule has 0 aromatic heterocycles. The smallest absolute Gasteiger partial charge is 0.410 e. The number of aliphatic hydroxyl groups is 3. The molecule has 54 heavy (non-hydrogen) atoms. The summed E-state index contributed by atoms with van der Waals surface area (Å²) >= 11 is 0. The van der Waals surface area contributed by atoms with Gasteiger partial charge >= 0.3 is 12.2 Å². The molecular weight excluding hydrogens is 702 g/mol. The summed E-state index contributed by atoms with van der Waals surface area (Å²) in [6.45, 7) is 15.5. The standard InChI is InChI=1S/C23H34FNO5.C18H26FNO4/c1-22(2,3)30-21(26)25-12-7-8-19(25)23(4,27)18-11-10-17(24)14-16(18)15-29-20-9-5-6-13-28-20;1-17(2,3)24-16(22)20-9-5-6-15(20)18(4,23)14-8-7-13(19)10-12(14)11-21/h10-11,14,19-20,27H,5-9,12-13,15H2,1-4H3;7-8,10,15,21,23H,5-6,9,11H2,1-4H3/t19-,20?,23?;15-,18?/m11/s1. The SMILES string of the molecule is CC(C)(C)OC(=O)N1CCC[C@@H]1C(C)(O)c1ccc(F)cc1CO.CC(C)(C)OC(=O)N1CCC[C@@H]1C(C)(O)c1ccc(F)cc1COC1CCCCO1. The highest BCUT2D eigenvalue weighted by molar-refractivity contribution is 5.70. The summed E-state index contributed by atoms with van der Waals surface area (Å²) in [6, 6.07) is 7.25. The number of nitrogens with zero attached hydrogens (tertiary/aromatic N) is 2. The Morgan fingerprint density at radius 2 is 1.19 bits per heavy atom. The predicted molar refractivity (Wildman–Crippen MR) is 198 cm³/mol. The Hall–Kier alpha value is -3.36. The van der Waals surface area contributed by atoms with Gasteiger partial charge < -0.3 is 44.1 Å². The van der Waals surface area contributed by atoms with E-state index < -0.39 is 58.3 Å². The van der Waals surface area contributed by atoms with E-state index >= 15 is 0 Å². The number of hydrogen-bond donors (Lipinski definition) is 3. The third kappa shape index (κ3) is 11.1. The zero-order valence-corrected chi connectivity index (χ0v) is 33.1.